The van der Waals surface area contributed by atoms with E-state index < -0.39 is 0 Å². The molecule has 6 heteroatoms. The molecule has 0 amide bonds. The fraction of sp³-hybridized carbons (Fsp3) is 0.137. The van der Waals surface area contributed by atoms with Crippen LogP contribution in [0.25, 0.3) is 71.7 Å². The van der Waals surface area contributed by atoms with Crippen LogP contribution in [0.3, 0.4) is 0 Å². The van der Waals surface area contributed by atoms with E-state index in [0.29, 0.717) is 0 Å². The van der Waals surface area contributed by atoms with E-state index in [9.17, 15) is 0 Å². The van der Waals surface area contributed by atoms with E-state index in [0.717, 1.165) is 66.3 Å². The van der Waals surface area contributed by atoms with Gasteiger partial charge in [0.1, 0.15) is 23.0 Å². The molecule has 0 saturated heterocycles. The number of aliphatic imine (C=N–C) groups is 2. The van der Waals surface area contributed by atoms with Crippen LogP contribution in [-0.4, -0.2) is 22.4 Å². The molecule has 1 N–H and O–H groups in total. The highest BCUT2D eigenvalue weighted by Gasteiger charge is 2.28. The van der Waals surface area contributed by atoms with Crippen LogP contribution in [-0.2, 0) is 6.42 Å². The lowest BCUT2D eigenvalue weighted by atomic mass is 9.92. The van der Waals surface area contributed by atoms with Crippen LogP contribution in [0.15, 0.2) is 160 Å². The molecule has 1 aliphatic heterocycles. The zero-order chi connectivity index (χ0) is 37.5. The third-order valence-electron chi connectivity index (χ3n) is 12.1. The Labute approximate surface area is 333 Å². The van der Waals surface area contributed by atoms with Crippen LogP contribution in [0, 0.1) is 0 Å². The third kappa shape index (κ3) is 5.20. The summed E-state index contributed by atoms with van der Waals surface area (Å²) in [5.41, 5.74) is 10.6. The molecule has 2 unspecified atom stereocenters. The van der Waals surface area contributed by atoms with Gasteiger partial charge in [-0.1, -0.05) is 134 Å². The van der Waals surface area contributed by atoms with Crippen molar-refractivity contribution in [2.24, 2.45) is 9.98 Å². The minimum Gasteiger partial charge on any atom is -0.460 e. The number of para-hydroxylation sites is 2. The maximum absolute atomic E-state index is 6.79. The van der Waals surface area contributed by atoms with E-state index in [4.69, 9.17) is 14.4 Å². The van der Waals surface area contributed by atoms with Gasteiger partial charge < -0.3 is 14.3 Å². The van der Waals surface area contributed by atoms with Crippen LogP contribution in [0.1, 0.15) is 48.6 Å². The second-order valence-electron chi connectivity index (χ2n) is 15.4. The molecule has 5 nitrogen and oxygen atoms in total. The van der Waals surface area contributed by atoms with Crippen molar-refractivity contribution in [3.05, 3.63) is 172 Å². The van der Waals surface area contributed by atoms with Crippen LogP contribution in [0.2, 0.25) is 0 Å². The molecule has 0 spiro atoms. The van der Waals surface area contributed by atoms with Gasteiger partial charge in [0.25, 0.3) is 0 Å². The molecule has 0 radical (unpaired) electrons. The highest BCUT2D eigenvalue weighted by atomic mass is 32.1. The number of hydrogen-bond acceptors (Lipinski definition) is 5. The van der Waals surface area contributed by atoms with Gasteiger partial charge in [0, 0.05) is 75.7 Å². The molecule has 8 aromatic rings. The summed E-state index contributed by atoms with van der Waals surface area (Å²) in [7, 11) is 0. The predicted octanol–water partition coefficient (Wildman–Crippen LogP) is 11.0. The number of allylic oxidation sites excluding steroid dienone is 3. The number of aromatic nitrogens is 1. The summed E-state index contributed by atoms with van der Waals surface area (Å²) >= 11 is 1.90. The molecule has 0 bridgehead atoms. The number of amidine groups is 2. The van der Waals surface area contributed by atoms with Crippen molar-refractivity contribution in [3.8, 4) is 11.1 Å². The summed E-state index contributed by atoms with van der Waals surface area (Å²) in [6, 6.07) is 41.5. The number of nitrogens with one attached hydrogen (secondary N) is 1. The average Bonchev–Trinajstić information content (AvgIpc) is 3.96. The normalized spacial score (nSPS) is 18.9. The standard InChI is InChI=1S/C51H38N4OS/c1-3-14-31(15-4-1)49-52-50(32-16-5-2-6-17-32)54-51(53-49)40-23-13-27-45-47(40)39-22-11-21-37(48(39)57-45)36-20-12-26-43-46(36)38-29-28-33(30-44(38)56-43)55-41-24-9-7-18-34(41)35-19-8-10-25-42(35)55/h1,3-5,7-12,14-22,24-29,33,51H,2,6,13,23,30H2,(H,52,53,54). The van der Waals surface area contributed by atoms with Gasteiger partial charge in [-0.2, -0.15) is 0 Å². The Morgan fingerprint density at radius 2 is 1.44 bits per heavy atom. The SMILES string of the molecule is C1=CC(C2=NC(C3=c4c(sc5c(-c6cccc7oc8c(c67)C=CC(n6c7ccccc7c7ccccc76)C8)cccc45)=CCC3)N=C(c3ccccc3)N2)=CCC1. The van der Waals surface area contributed by atoms with Crippen molar-refractivity contribution in [2.45, 2.75) is 44.3 Å². The maximum Gasteiger partial charge on any atom is 0.166 e. The molecular formula is C51H38N4OS. The number of benzene rings is 5. The Bertz CT molecular complexity index is 3210. The smallest absolute Gasteiger partial charge is 0.166 e. The maximum atomic E-state index is 6.79. The third-order valence-corrected chi connectivity index (χ3v) is 13.4. The number of hydrogen-bond donors (Lipinski definition) is 1. The fourth-order valence-corrected chi connectivity index (χ4v) is 10.9. The number of fused-ring (bicyclic) bond motifs is 9. The first-order valence-corrected chi connectivity index (χ1v) is 20.9. The van der Waals surface area contributed by atoms with Gasteiger partial charge in [0.2, 0.25) is 0 Å². The Kier molecular flexibility index (Phi) is 7.48. The first-order chi connectivity index (χ1) is 28.3. The lowest BCUT2D eigenvalue weighted by Crippen LogP contribution is -2.40. The predicted molar refractivity (Wildman–Crippen MR) is 238 cm³/mol. The van der Waals surface area contributed by atoms with Crippen LogP contribution in [0.5, 0.6) is 0 Å². The Hall–Kier alpha value is -6.50. The van der Waals surface area contributed by atoms with Crippen molar-refractivity contribution < 1.29 is 4.42 Å². The molecule has 3 aliphatic carbocycles. The van der Waals surface area contributed by atoms with Gasteiger partial charge in [0.05, 0.1) is 6.04 Å². The van der Waals surface area contributed by atoms with Gasteiger partial charge in [-0.3, -0.25) is 0 Å². The van der Waals surface area contributed by atoms with Crippen molar-refractivity contribution in [1.29, 1.82) is 0 Å². The Morgan fingerprint density at radius 3 is 2.26 bits per heavy atom. The zero-order valence-electron chi connectivity index (χ0n) is 31.3. The summed E-state index contributed by atoms with van der Waals surface area (Å²) in [4.78, 5) is 10.7. The number of furan rings is 1. The lowest BCUT2D eigenvalue weighted by molar-refractivity contribution is 0.499. The molecular weight excluding hydrogens is 717 g/mol. The molecule has 4 aliphatic rings. The molecule has 274 valence electrons. The summed E-state index contributed by atoms with van der Waals surface area (Å²) in [6.07, 6.45) is 18.3. The van der Waals surface area contributed by atoms with E-state index in [1.807, 2.05) is 11.3 Å². The van der Waals surface area contributed by atoms with E-state index in [1.165, 1.54) is 69.3 Å². The molecule has 57 heavy (non-hydrogen) atoms. The van der Waals surface area contributed by atoms with Gasteiger partial charge in [-0.25, -0.2) is 9.98 Å². The van der Waals surface area contributed by atoms with Gasteiger partial charge in [-0.05, 0) is 55.0 Å². The molecule has 2 atom stereocenters. The number of nitrogens with zero attached hydrogens (tertiary/aromatic N) is 3. The summed E-state index contributed by atoms with van der Waals surface area (Å²) in [5, 5.41) is 9.96. The van der Waals surface area contributed by atoms with Crippen LogP contribution >= 0.6 is 11.3 Å². The Balaban J connectivity index is 0.997. The van der Waals surface area contributed by atoms with E-state index in [1.54, 1.807) is 0 Å². The number of thiophene rings is 1. The van der Waals surface area contributed by atoms with Gasteiger partial charge >= 0.3 is 0 Å². The van der Waals surface area contributed by atoms with Crippen LogP contribution in [0.4, 0.5) is 0 Å². The molecule has 3 aromatic heterocycles. The van der Waals surface area contributed by atoms with Crippen LogP contribution < -0.4 is 15.1 Å². The fourth-order valence-electron chi connectivity index (χ4n) is 9.58. The zero-order valence-corrected chi connectivity index (χ0v) is 32.1. The molecule has 0 saturated carbocycles. The molecule has 4 heterocycles. The lowest BCUT2D eigenvalue weighted by Gasteiger charge is -2.25. The minimum atomic E-state index is -0.307. The highest BCUT2D eigenvalue weighted by Crippen LogP contribution is 2.43. The van der Waals surface area contributed by atoms with Crippen molar-refractivity contribution in [3.63, 3.8) is 0 Å². The summed E-state index contributed by atoms with van der Waals surface area (Å²) in [6.45, 7) is 0. The number of rotatable bonds is 5. The first-order valence-electron chi connectivity index (χ1n) is 20.1. The molecule has 12 rings (SSSR count). The highest BCUT2D eigenvalue weighted by molar-refractivity contribution is 7.17. The quantitative estimate of drug-likeness (QED) is 0.190. The molecule has 0 fully saturated rings. The summed E-state index contributed by atoms with van der Waals surface area (Å²) < 4.78 is 11.9. The largest absolute Gasteiger partial charge is 0.460 e. The Morgan fingerprint density at radius 1 is 0.684 bits per heavy atom. The van der Waals surface area contributed by atoms with E-state index in [2.05, 4.69) is 162 Å². The van der Waals surface area contributed by atoms with Crippen molar-refractivity contribution in [2.75, 3.05) is 0 Å². The minimum absolute atomic E-state index is 0.150. The summed E-state index contributed by atoms with van der Waals surface area (Å²) in [5.74, 6) is 2.82. The second kappa shape index (κ2) is 13.0. The van der Waals surface area contributed by atoms with Gasteiger partial charge in [0.15, 0.2) is 6.17 Å². The van der Waals surface area contributed by atoms with Crippen molar-refractivity contribution in [1.82, 2.24) is 9.88 Å². The van der Waals surface area contributed by atoms with E-state index >= 15 is 0 Å². The van der Waals surface area contributed by atoms with E-state index in [-0.39, 0.29) is 12.2 Å². The van der Waals surface area contributed by atoms with Gasteiger partial charge in [-0.15, -0.1) is 11.3 Å². The first kappa shape index (κ1) is 32.7. The molecule has 5 aromatic carbocycles. The monoisotopic (exact) mass is 754 g/mol. The second-order valence-corrected chi connectivity index (χ2v) is 16.5. The van der Waals surface area contributed by atoms with Crippen molar-refractivity contribution >= 4 is 83.6 Å². The topological polar surface area (TPSA) is 54.8 Å². The average molecular weight is 755 g/mol.